The highest BCUT2D eigenvalue weighted by Crippen LogP contribution is 2.33. The van der Waals surface area contributed by atoms with Crippen LogP contribution in [0.5, 0.6) is 0 Å². The minimum Gasteiger partial charge on any atom is -0.350 e. The molecular weight excluding hydrogens is 378 g/mol. The van der Waals surface area contributed by atoms with Crippen molar-refractivity contribution in [2.45, 2.75) is 36.9 Å². The predicted octanol–water partition coefficient (Wildman–Crippen LogP) is 2.76. The third-order valence-electron chi connectivity index (χ3n) is 4.69. The van der Waals surface area contributed by atoms with Gasteiger partial charge in [-0.05, 0) is 31.2 Å². The zero-order valence-corrected chi connectivity index (χ0v) is 15.1. The van der Waals surface area contributed by atoms with Gasteiger partial charge in [-0.25, -0.2) is 13.2 Å². The second-order valence-corrected chi connectivity index (χ2v) is 6.90. The summed E-state index contributed by atoms with van der Waals surface area (Å²) in [5, 5.41) is 5.43. The van der Waals surface area contributed by atoms with Gasteiger partial charge >= 0.3 is 0 Å². The van der Waals surface area contributed by atoms with Crippen LogP contribution in [0.25, 0.3) is 0 Å². The number of likely N-dealkylation sites (N-methyl/N-ethyl adjacent to an activating group) is 1. The number of carbonyl (C=O) groups excluding carboxylic acids is 1. The molecule has 140 valence electrons. The number of hydrogen-bond donors (Lipinski definition) is 2. The van der Waals surface area contributed by atoms with E-state index in [1.165, 1.54) is 12.1 Å². The Morgan fingerprint density at radius 1 is 1.44 bits per heavy atom. The first-order valence-corrected chi connectivity index (χ1v) is 8.21. The van der Waals surface area contributed by atoms with Crippen molar-refractivity contribution in [1.82, 2.24) is 15.5 Å². The molecule has 1 aromatic rings. The summed E-state index contributed by atoms with van der Waals surface area (Å²) in [6, 6.07) is 3.18. The molecule has 0 bridgehead atoms. The summed E-state index contributed by atoms with van der Waals surface area (Å²) in [6.07, 6.45) is 0.169. The van der Waals surface area contributed by atoms with Crippen molar-refractivity contribution in [2.75, 3.05) is 20.1 Å². The lowest BCUT2D eigenvalue weighted by Gasteiger charge is -2.27. The minimum atomic E-state index is -2.85. The molecule has 0 aliphatic carbocycles. The second-order valence-electron chi connectivity index (χ2n) is 6.50. The number of likely N-dealkylation sites (tertiary alicyclic amines) is 1. The molecule has 2 aliphatic rings. The van der Waals surface area contributed by atoms with E-state index >= 15 is 0 Å². The highest BCUT2D eigenvalue weighted by atomic mass is 35.5. The third-order valence-corrected chi connectivity index (χ3v) is 4.99. The van der Waals surface area contributed by atoms with Crippen molar-refractivity contribution < 1.29 is 18.0 Å². The van der Waals surface area contributed by atoms with Gasteiger partial charge in [0.2, 0.25) is 5.91 Å². The number of benzene rings is 1. The lowest BCUT2D eigenvalue weighted by atomic mass is 9.99. The van der Waals surface area contributed by atoms with Crippen molar-refractivity contribution in [1.29, 1.82) is 0 Å². The van der Waals surface area contributed by atoms with Crippen LogP contribution >= 0.6 is 24.0 Å². The van der Waals surface area contributed by atoms with Crippen LogP contribution < -0.4 is 10.6 Å². The molecule has 3 atom stereocenters. The van der Waals surface area contributed by atoms with Crippen molar-refractivity contribution in [3.05, 3.63) is 34.6 Å². The van der Waals surface area contributed by atoms with Crippen LogP contribution in [0.1, 0.15) is 24.4 Å². The molecule has 2 aliphatic heterocycles. The molecule has 1 aromatic carbocycles. The highest BCUT2D eigenvalue weighted by molar-refractivity contribution is 6.30. The Morgan fingerprint density at radius 3 is 2.76 bits per heavy atom. The molecule has 25 heavy (non-hydrogen) atoms. The van der Waals surface area contributed by atoms with E-state index < -0.39 is 36.7 Å². The zero-order valence-electron chi connectivity index (χ0n) is 13.6. The van der Waals surface area contributed by atoms with Gasteiger partial charge in [0.05, 0.1) is 23.7 Å². The number of rotatable bonds is 3. The summed E-state index contributed by atoms with van der Waals surface area (Å²) >= 11 is 5.72. The van der Waals surface area contributed by atoms with Gasteiger partial charge in [0, 0.05) is 19.0 Å². The average Bonchev–Trinajstić information content (AvgIpc) is 3.05. The molecule has 2 fully saturated rings. The van der Waals surface area contributed by atoms with Crippen LogP contribution in [0.4, 0.5) is 13.2 Å². The molecule has 0 aromatic heterocycles. The van der Waals surface area contributed by atoms with Crippen LogP contribution in [-0.2, 0) is 4.79 Å². The number of halogens is 5. The topological polar surface area (TPSA) is 44.4 Å². The van der Waals surface area contributed by atoms with E-state index in [4.69, 9.17) is 11.6 Å². The predicted molar refractivity (Wildman–Crippen MR) is 91.9 cm³/mol. The van der Waals surface area contributed by atoms with Gasteiger partial charge < -0.3 is 5.32 Å². The summed E-state index contributed by atoms with van der Waals surface area (Å²) < 4.78 is 40.2. The first kappa shape index (κ1) is 20.3. The molecule has 4 nitrogen and oxygen atoms in total. The Bertz CT molecular complexity index is 647. The molecular formula is C16H20Cl2F3N3O. The van der Waals surface area contributed by atoms with E-state index in [0.29, 0.717) is 18.5 Å². The maximum atomic E-state index is 13.7. The van der Waals surface area contributed by atoms with Gasteiger partial charge in [-0.15, -0.1) is 12.4 Å². The lowest BCUT2D eigenvalue weighted by molar-refractivity contribution is -0.124. The molecule has 3 unspecified atom stereocenters. The Kier molecular flexibility index (Phi) is 6.25. The summed E-state index contributed by atoms with van der Waals surface area (Å²) in [5.74, 6) is -3.81. The van der Waals surface area contributed by atoms with E-state index in [2.05, 4.69) is 10.6 Å². The molecule has 0 spiro atoms. The Hall–Kier alpha value is -1.02. The van der Waals surface area contributed by atoms with Crippen LogP contribution in [-0.4, -0.2) is 49.0 Å². The Morgan fingerprint density at radius 2 is 2.16 bits per heavy atom. The summed E-state index contributed by atoms with van der Waals surface area (Å²) in [6.45, 7) is 0.232. The van der Waals surface area contributed by atoms with E-state index in [0.717, 1.165) is 0 Å². The number of hydrogen-bond acceptors (Lipinski definition) is 3. The van der Waals surface area contributed by atoms with Crippen LogP contribution in [0.15, 0.2) is 18.2 Å². The molecule has 0 saturated carbocycles. The van der Waals surface area contributed by atoms with Crippen molar-refractivity contribution in [3.8, 4) is 0 Å². The molecule has 2 saturated heterocycles. The van der Waals surface area contributed by atoms with Gasteiger partial charge in [-0.2, -0.15) is 0 Å². The van der Waals surface area contributed by atoms with Crippen molar-refractivity contribution in [3.63, 3.8) is 0 Å². The Labute approximate surface area is 155 Å². The van der Waals surface area contributed by atoms with Gasteiger partial charge in [0.25, 0.3) is 5.92 Å². The number of amides is 1. The smallest absolute Gasteiger partial charge is 0.262 e. The van der Waals surface area contributed by atoms with Crippen LogP contribution in [0.2, 0.25) is 5.02 Å². The van der Waals surface area contributed by atoms with Crippen LogP contribution in [0, 0.1) is 5.82 Å². The van der Waals surface area contributed by atoms with Gasteiger partial charge in [-0.1, -0.05) is 17.7 Å². The number of nitrogens with one attached hydrogen (secondary N) is 2. The standard InChI is InChI=1S/C16H19ClF3N3O.ClH/c1-23-5-4-12(14(23)9-2-3-10(17)11(18)6-9)22-15(24)13-7-16(19,20)8-21-13;/h2-3,6,12-14,21H,4-5,7-8H2,1H3,(H,22,24);1H. The Balaban J connectivity index is 0.00000225. The zero-order chi connectivity index (χ0) is 17.5. The highest BCUT2D eigenvalue weighted by Gasteiger charge is 2.43. The summed E-state index contributed by atoms with van der Waals surface area (Å²) in [4.78, 5) is 14.3. The lowest BCUT2D eigenvalue weighted by Crippen LogP contribution is -2.46. The summed E-state index contributed by atoms with van der Waals surface area (Å²) in [5.41, 5.74) is 0.701. The van der Waals surface area contributed by atoms with E-state index in [1.807, 2.05) is 11.9 Å². The number of nitrogens with zero attached hydrogens (tertiary/aromatic N) is 1. The molecule has 3 rings (SSSR count). The average molecular weight is 398 g/mol. The van der Waals surface area contributed by atoms with E-state index in [-0.39, 0.29) is 29.5 Å². The largest absolute Gasteiger partial charge is 0.350 e. The third kappa shape index (κ3) is 4.39. The molecule has 2 N–H and O–H groups in total. The fourth-order valence-electron chi connectivity index (χ4n) is 3.47. The first-order chi connectivity index (χ1) is 11.3. The maximum absolute atomic E-state index is 13.7. The monoisotopic (exact) mass is 397 g/mol. The molecule has 0 radical (unpaired) electrons. The normalized spacial score (nSPS) is 28.6. The fraction of sp³-hybridized carbons (Fsp3) is 0.562. The molecule has 2 heterocycles. The number of carbonyl (C=O) groups is 1. The second kappa shape index (κ2) is 7.70. The minimum absolute atomic E-state index is 0. The molecule has 1 amide bonds. The van der Waals surface area contributed by atoms with Crippen LogP contribution in [0.3, 0.4) is 0 Å². The van der Waals surface area contributed by atoms with Crippen molar-refractivity contribution in [2.24, 2.45) is 0 Å². The SMILES string of the molecule is CN1CCC(NC(=O)C2CC(F)(F)CN2)C1c1ccc(Cl)c(F)c1.Cl. The first-order valence-electron chi connectivity index (χ1n) is 7.83. The van der Waals surface area contributed by atoms with Crippen molar-refractivity contribution >= 4 is 29.9 Å². The van der Waals surface area contributed by atoms with Gasteiger partial charge in [0.1, 0.15) is 5.82 Å². The van der Waals surface area contributed by atoms with Gasteiger partial charge in [-0.3, -0.25) is 15.0 Å². The maximum Gasteiger partial charge on any atom is 0.262 e. The fourth-order valence-corrected chi connectivity index (χ4v) is 3.58. The quantitative estimate of drug-likeness (QED) is 0.823. The van der Waals surface area contributed by atoms with E-state index in [1.54, 1.807) is 6.07 Å². The number of alkyl halides is 2. The van der Waals surface area contributed by atoms with Gasteiger partial charge in [0.15, 0.2) is 0 Å². The summed E-state index contributed by atoms with van der Waals surface area (Å²) in [7, 11) is 1.88. The molecule has 9 heteroatoms. The van der Waals surface area contributed by atoms with E-state index in [9.17, 15) is 18.0 Å².